The van der Waals surface area contributed by atoms with Crippen molar-refractivity contribution in [1.82, 2.24) is 0 Å². The van der Waals surface area contributed by atoms with E-state index in [0.717, 1.165) is 5.56 Å². The second-order valence-electron chi connectivity index (χ2n) is 2.91. The molecular weight excluding hydrogens is 194 g/mol. The second-order valence-corrected chi connectivity index (χ2v) is 3.98. The van der Waals surface area contributed by atoms with Gasteiger partial charge in [-0.1, -0.05) is 41.6 Å². The van der Waals surface area contributed by atoms with Gasteiger partial charge in [0, 0.05) is 17.7 Å². The average molecular weight is 205 g/mol. The fourth-order valence-corrected chi connectivity index (χ4v) is 1.64. The molecule has 72 valence electrons. The van der Waals surface area contributed by atoms with E-state index in [4.69, 9.17) is 5.26 Å². The molecule has 1 aromatic rings. The number of aryl methyl sites for hydroxylation is 1. The van der Waals surface area contributed by atoms with Crippen molar-refractivity contribution >= 4 is 16.9 Å². The summed E-state index contributed by atoms with van der Waals surface area (Å²) in [5.74, 6) is 0.573. The molecule has 0 aliphatic rings. The van der Waals surface area contributed by atoms with Gasteiger partial charge in [-0.15, -0.1) is 0 Å². The van der Waals surface area contributed by atoms with E-state index in [9.17, 15) is 4.79 Å². The van der Waals surface area contributed by atoms with Gasteiger partial charge in [0.1, 0.15) is 0 Å². The zero-order valence-electron chi connectivity index (χ0n) is 7.99. The summed E-state index contributed by atoms with van der Waals surface area (Å²) in [4.78, 5) is 11.5. The van der Waals surface area contributed by atoms with Crippen LogP contribution in [-0.2, 0) is 0 Å². The van der Waals surface area contributed by atoms with Crippen molar-refractivity contribution in [3.63, 3.8) is 0 Å². The highest BCUT2D eigenvalue weighted by atomic mass is 32.2. The SMILES string of the molecule is Cc1ccc(C(=O)SCCC#N)cc1. The summed E-state index contributed by atoms with van der Waals surface area (Å²) in [6.07, 6.45) is 0.419. The van der Waals surface area contributed by atoms with Crippen LogP contribution in [0.2, 0.25) is 0 Å². The molecule has 0 saturated heterocycles. The summed E-state index contributed by atoms with van der Waals surface area (Å²) in [6, 6.07) is 9.47. The monoisotopic (exact) mass is 205 g/mol. The molecule has 0 aliphatic heterocycles. The van der Waals surface area contributed by atoms with Crippen LogP contribution in [0.1, 0.15) is 22.3 Å². The Hall–Kier alpha value is -1.27. The fourth-order valence-electron chi connectivity index (χ4n) is 0.962. The number of rotatable bonds is 3. The second kappa shape index (κ2) is 5.46. The Morgan fingerprint density at radius 2 is 2.07 bits per heavy atom. The van der Waals surface area contributed by atoms with Crippen LogP contribution >= 0.6 is 11.8 Å². The number of nitriles is 1. The molecule has 3 heteroatoms. The molecule has 0 amide bonds. The molecule has 1 rings (SSSR count). The van der Waals surface area contributed by atoms with Crippen molar-refractivity contribution < 1.29 is 4.79 Å². The van der Waals surface area contributed by atoms with Gasteiger partial charge >= 0.3 is 0 Å². The number of nitrogens with zero attached hydrogens (tertiary/aromatic N) is 1. The molecule has 0 unspecified atom stereocenters. The number of thioether (sulfide) groups is 1. The van der Waals surface area contributed by atoms with Crippen LogP contribution in [0.3, 0.4) is 0 Å². The molecule has 0 radical (unpaired) electrons. The summed E-state index contributed by atoms with van der Waals surface area (Å²) in [5, 5.41) is 8.35. The molecule has 0 N–H and O–H groups in total. The van der Waals surface area contributed by atoms with Gasteiger partial charge < -0.3 is 0 Å². The molecule has 0 fully saturated rings. The number of hydrogen-bond acceptors (Lipinski definition) is 3. The first-order valence-corrected chi connectivity index (χ1v) is 5.33. The highest BCUT2D eigenvalue weighted by molar-refractivity contribution is 8.14. The number of carbonyl (C=O) groups excluding carboxylic acids is 1. The standard InChI is InChI=1S/C11H11NOS/c1-9-3-5-10(6-4-9)11(13)14-8-2-7-12/h3-6H,2,8H2,1H3. The smallest absolute Gasteiger partial charge is 0.219 e. The lowest BCUT2D eigenvalue weighted by molar-refractivity contribution is 0.108. The van der Waals surface area contributed by atoms with Crippen molar-refractivity contribution in [3.05, 3.63) is 35.4 Å². The topological polar surface area (TPSA) is 40.9 Å². The van der Waals surface area contributed by atoms with E-state index in [0.29, 0.717) is 17.7 Å². The minimum Gasteiger partial charge on any atom is -0.282 e. The van der Waals surface area contributed by atoms with Crippen LogP contribution in [0, 0.1) is 18.3 Å². The third-order valence-electron chi connectivity index (χ3n) is 1.73. The predicted molar refractivity (Wildman–Crippen MR) is 58.2 cm³/mol. The highest BCUT2D eigenvalue weighted by Crippen LogP contribution is 2.13. The van der Waals surface area contributed by atoms with Crippen molar-refractivity contribution in [2.75, 3.05) is 5.75 Å². The predicted octanol–water partition coefficient (Wildman–Crippen LogP) is 2.78. The Morgan fingerprint density at radius 1 is 1.43 bits per heavy atom. The lowest BCUT2D eigenvalue weighted by atomic mass is 10.2. The molecule has 0 aromatic heterocycles. The Kier molecular flexibility index (Phi) is 4.21. The Bertz CT molecular complexity index is 351. The van der Waals surface area contributed by atoms with E-state index in [2.05, 4.69) is 0 Å². The maximum absolute atomic E-state index is 11.5. The molecule has 1 aromatic carbocycles. The maximum atomic E-state index is 11.5. The van der Waals surface area contributed by atoms with Crippen molar-refractivity contribution in [2.45, 2.75) is 13.3 Å². The van der Waals surface area contributed by atoms with Crippen LogP contribution in [0.15, 0.2) is 24.3 Å². The highest BCUT2D eigenvalue weighted by Gasteiger charge is 2.04. The fraction of sp³-hybridized carbons (Fsp3) is 0.273. The number of carbonyl (C=O) groups is 1. The minimum atomic E-state index is 0.0419. The van der Waals surface area contributed by atoms with Crippen molar-refractivity contribution in [3.8, 4) is 6.07 Å². The van der Waals surface area contributed by atoms with Crippen LogP contribution in [0.4, 0.5) is 0 Å². The maximum Gasteiger partial charge on any atom is 0.219 e. The van der Waals surface area contributed by atoms with Crippen LogP contribution in [-0.4, -0.2) is 10.9 Å². The zero-order chi connectivity index (χ0) is 10.4. The van der Waals surface area contributed by atoms with Gasteiger partial charge in [0.2, 0.25) is 5.12 Å². The summed E-state index contributed by atoms with van der Waals surface area (Å²) >= 11 is 1.20. The lowest BCUT2D eigenvalue weighted by Crippen LogP contribution is -1.94. The summed E-state index contributed by atoms with van der Waals surface area (Å²) in [7, 11) is 0. The molecule has 2 nitrogen and oxygen atoms in total. The minimum absolute atomic E-state index is 0.0419. The number of benzene rings is 1. The third-order valence-corrected chi connectivity index (χ3v) is 2.64. The van der Waals surface area contributed by atoms with E-state index in [1.54, 1.807) is 0 Å². The molecule has 0 heterocycles. The third kappa shape index (κ3) is 3.23. The zero-order valence-corrected chi connectivity index (χ0v) is 8.80. The largest absolute Gasteiger partial charge is 0.282 e. The number of hydrogen-bond donors (Lipinski definition) is 0. The first kappa shape index (κ1) is 10.8. The summed E-state index contributed by atoms with van der Waals surface area (Å²) in [5.41, 5.74) is 1.85. The van der Waals surface area contributed by atoms with E-state index in [-0.39, 0.29) is 5.12 Å². The van der Waals surface area contributed by atoms with Crippen molar-refractivity contribution in [1.29, 1.82) is 5.26 Å². The molecule has 0 atom stereocenters. The van der Waals surface area contributed by atoms with Gasteiger partial charge in [0.25, 0.3) is 0 Å². The average Bonchev–Trinajstić information content (AvgIpc) is 2.19. The van der Waals surface area contributed by atoms with E-state index < -0.39 is 0 Å². The molecule has 0 aliphatic carbocycles. The Balaban J connectivity index is 2.53. The molecule has 0 saturated carbocycles. The molecule has 0 bridgehead atoms. The lowest BCUT2D eigenvalue weighted by Gasteiger charge is -1.98. The van der Waals surface area contributed by atoms with Crippen molar-refractivity contribution in [2.24, 2.45) is 0 Å². The summed E-state index contributed by atoms with van der Waals surface area (Å²) < 4.78 is 0. The van der Waals surface area contributed by atoms with E-state index >= 15 is 0 Å². The van der Waals surface area contributed by atoms with E-state index in [1.165, 1.54) is 11.8 Å². The first-order chi connectivity index (χ1) is 6.74. The van der Waals surface area contributed by atoms with E-state index in [1.807, 2.05) is 37.3 Å². The normalized spacial score (nSPS) is 9.43. The van der Waals surface area contributed by atoms with Gasteiger partial charge in [-0.05, 0) is 6.92 Å². The molecular formula is C11H11NOS. The Morgan fingerprint density at radius 3 is 2.64 bits per heavy atom. The van der Waals surface area contributed by atoms with Gasteiger partial charge in [0.05, 0.1) is 6.07 Å². The van der Waals surface area contributed by atoms with Crippen LogP contribution in [0.5, 0.6) is 0 Å². The van der Waals surface area contributed by atoms with Gasteiger partial charge in [-0.3, -0.25) is 4.79 Å². The Labute approximate surface area is 87.9 Å². The molecule has 14 heavy (non-hydrogen) atoms. The van der Waals surface area contributed by atoms with Gasteiger partial charge in [-0.2, -0.15) is 5.26 Å². The van der Waals surface area contributed by atoms with Gasteiger partial charge in [0.15, 0.2) is 0 Å². The van der Waals surface area contributed by atoms with Gasteiger partial charge in [-0.25, -0.2) is 0 Å². The van der Waals surface area contributed by atoms with Crippen LogP contribution in [0.25, 0.3) is 0 Å². The van der Waals surface area contributed by atoms with Crippen LogP contribution < -0.4 is 0 Å². The molecule has 0 spiro atoms. The summed E-state index contributed by atoms with van der Waals surface area (Å²) in [6.45, 7) is 1.98. The quantitative estimate of drug-likeness (QED) is 0.712. The first-order valence-electron chi connectivity index (χ1n) is 4.35.